The van der Waals surface area contributed by atoms with Crippen LogP contribution in [0, 0.1) is 11.3 Å². The Bertz CT molecular complexity index is 174. The largest absolute Gasteiger partial charge is 0.500 e. The molecule has 0 aliphatic carbocycles. The van der Waals surface area contributed by atoms with Crippen LogP contribution in [0.3, 0.4) is 0 Å². The minimum Gasteiger partial charge on any atom is -0.374 e. The van der Waals surface area contributed by atoms with E-state index in [9.17, 15) is 0 Å². The van der Waals surface area contributed by atoms with E-state index < -0.39 is 8.80 Å². The van der Waals surface area contributed by atoms with E-state index in [1.54, 1.807) is 0 Å². The molecule has 0 aliphatic heterocycles. The van der Waals surface area contributed by atoms with Crippen molar-refractivity contribution in [2.75, 3.05) is 19.8 Å². The van der Waals surface area contributed by atoms with Crippen LogP contribution in [0.5, 0.6) is 0 Å². The number of nitrogens with one attached hydrogen (secondary N) is 1. The van der Waals surface area contributed by atoms with Gasteiger partial charge in [-0.1, -0.05) is 27.2 Å². The second-order valence-corrected chi connectivity index (χ2v) is 7.02. The highest BCUT2D eigenvalue weighted by Crippen LogP contribution is 2.17. The molecule has 5 heteroatoms. The summed E-state index contributed by atoms with van der Waals surface area (Å²) in [4.78, 5) is 0. The van der Waals surface area contributed by atoms with E-state index in [1.165, 1.54) is 6.21 Å². The van der Waals surface area contributed by atoms with Gasteiger partial charge in [0.1, 0.15) is 0 Å². The first-order valence-corrected chi connectivity index (χ1v) is 9.41. The standard InChI is InChI=1S/C9H22O3Si.C5H11N/c1-5-9-13(10-6-2,11-7-3)12-8-4;1-3-5(2)4-6/h5-9H2,1-4H3;4-6H,3H2,1-2H3. The molecule has 19 heavy (non-hydrogen) atoms. The van der Waals surface area contributed by atoms with Gasteiger partial charge in [0.15, 0.2) is 0 Å². The first-order valence-electron chi connectivity index (χ1n) is 7.48. The SMILES string of the molecule is CCC(C)C=N.CCC[Si](OCC)(OCC)OCC. The first kappa shape index (κ1) is 21.1. The fourth-order valence-electron chi connectivity index (χ4n) is 1.43. The molecule has 0 bridgehead atoms. The van der Waals surface area contributed by atoms with Crippen molar-refractivity contribution in [3.8, 4) is 0 Å². The van der Waals surface area contributed by atoms with Gasteiger partial charge in [0, 0.05) is 25.9 Å². The zero-order valence-electron chi connectivity index (χ0n) is 13.6. The minimum atomic E-state index is -2.30. The Balaban J connectivity index is 0. The Labute approximate surface area is 120 Å². The lowest BCUT2D eigenvalue weighted by molar-refractivity contribution is 0.0712. The van der Waals surface area contributed by atoms with Crippen molar-refractivity contribution in [3.05, 3.63) is 0 Å². The molecule has 0 amide bonds. The third-order valence-corrected chi connectivity index (χ3v) is 5.88. The molecule has 1 unspecified atom stereocenters. The average Bonchev–Trinajstić information content (AvgIpc) is 2.40. The molecule has 0 rings (SSSR count). The Kier molecular flexibility index (Phi) is 15.7. The molecule has 0 aromatic rings. The van der Waals surface area contributed by atoms with Crippen LogP contribution in [-0.2, 0) is 13.3 Å². The van der Waals surface area contributed by atoms with Crippen LogP contribution in [0.4, 0.5) is 0 Å². The average molecular weight is 292 g/mol. The summed E-state index contributed by atoms with van der Waals surface area (Å²) in [5.41, 5.74) is 0. The monoisotopic (exact) mass is 291 g/mol. The van der Waals surface area contributed by atoms with Crippen LogP contribution < -0.4 is 0 Å². The molecule has 0 fully saturated rings. The highest BCUT2D eigenvalue weighted by molar-refractivity contribution is 6.60. The maximum absolute atomic E-state index is 6.68. The molecule has 0 aliphatic rings. The highest BCUT2D eigenvalue weighted by atomic mass is 28.4. The second-order valence-electron chi connectivity index (χ2n) is 4.28. The van der Waals surface area contributed by atoms with Crippen molar-refractivity contribution in [1.82, 2.24) is 0 Å². The lowest BCUT2D eigenvalue weighted by Crippen LogP contribution is -2.45. The Morgan fingerprint density at radius 3 is 1.53 bits per heavy atom. The number of hydrogen-bond acceptors (Lipinski definition) is 4. The second kappa shape index (κ2) is 14.2. The molecule has 1 atom stereocenters. The lowest BCUT2D eigenvalue weighted by atomic mass is 10.1. The van der Waals surface area contributed by atoms with Crippen molar-refractivity contribution in [1.29, 1.82) is 5.41 Å². The zero-order valence-corrected chi connectivity index (χ0v) is 14.6. The Hall–Kier alpha value is -0.233. The summed E-state index contributed by atoms with van der Waals surface area (Å²) in [6.45, 7) is 14.2. The third kappa shape index (κ3) is 11.3. The van der Waals surface area contributed by atoms with Crippen LogP contribution in [0.15, 0.2) is 0 Å². The molecule has 0 heterocycles. The van der Waals surface area contributed by atoms with Crippen molar-refractivity contribution in [3.63, 3.8) is 0 Å². The van der Waals surface area contributed by atoms with Crippen LogP contribution in [-0.4, -0.2) is 34.8 Å². The van der Waals surface area contributed by atoms with Crippen molar-refractivity contribution in [2.45, 2.75) is 60.4 Å². The van der Waals surface area contributed by atoms with Crippen molar-refractivity contribution >= 4 is 15.0 Å². The van der Waals surface area contributed by atoms with Crippen LogP contribution in [0.25, 0.3) is 0 Å². The van der Waals surface area contributed by atoms with E-state index in [0.29, 0.717) is 25.7 Å². The molecule has 0 saturated carbocycles. The van der Waals surface area contributed by atoms with Gasteiger partial charge in [-0.2, -0.15) is 0 Å². The fraction of sp³-hybridized carbons (Fsp3) is 0.929. The van der Waals surface area contributed by atoms with E-state index in [1.807, 2.05) is 27.7 Å². The Morgan fingerprint density at radius 2 is 1.37 bits per heavy atom. The van der Waals surface area contributed by atoms with Gasteiger partial charge in [-0.15, -0.1) is 0 Å². The summed E-state index contributed by atoms with van der Waals surface area (Å²) in [6.07, 6.45) is 3.61. The molecular weight excluding hydrogens is 258 g/mol. The van der Waals surface area contributed by atoms with Crippen molar-refractivity contribution < 1.29 is 13.3 Å². The van der Waals surface area contributed by atoms with Crippen LogP contribution in [0.2, 0.25) is 6.04 Å². The van der Waals surface area contributed by atoms with E-state index in [4.69, 9.17) is 18.7 Å². The van der Waals surface area contributed by atoms with Gasteiger partial charge in [0.25, 0.3) is 0 Å². The van der Waals surface area contributed by atoms with Gasteiger partial charge < -0.3 is 18.7 Å². The van der Waals surface area contributed by atoms with Gasteiger partial charge in [-0.05, 0) is 39.3 Å². The summed E-state index contributed by atoms with van der Waals surface area (Å²) in [5, 5.41) is 6.68. The molecule has 1 N–H and O–H groups in total. The van der Waals surface area contributed by atoms with Gasteiger partial charge in [0.2, 0.25) is 0 Å². The van der Waals surface area contributed by atoms with E-state index in [2.05, 4.69) is 13.8 Å². The maximum atomic E-state index is 6.68. The van der Waals surface area contributed by atoms with Crippen LogP contribution in [0.1, 0.15) is 54.4 Å². The normalized spacial score (nSPS) is 12.5. The summed E-state index contributed by atoms with van der Waals surface area (Å²) in [7, 11) is -2.30. The van der Waals surface area contributed by atoms with Gasteiger partial charge in [0.05, 0.1) is 0 Å². The van der Waals surface area contributed by atoms with E-state index in [-0.39, 0.29) is 0 Å². The van der Waals surface area contributed by atoms with Crippen LogP contribution >= 0.6 is 0 Å². The fourth-order valence-corrected chi connectivity index (χ4v) is 4.04. The van der Waals surface area contributed by atoms with E-state index >= 15 is 0 Å². The zero-order chi connectivity index (χ0) is 15.1. The van der Waals surface area contributed by atoms with Gasteiger partial charge >= 0.3 is 8.80 Å². The smallest absolute Gasteiger partial charge is 0.374 e. The maximum Gasteiger partial charge on any atom is 0.500 e. The lowest BCUT2D eigenvalue weighted by Gasteiger charge is -2.27. The van der Waals surface area contributed by atoms with E-state index in [0.717, 1.165) is 18.9 Å². The topological polar surface area (TPSA) is 51.5 Å². The van der Waals surface area contributed by atoms with Gasteiger partial charge in [-0.3, -0.25) is 0 Å². The predicted octanol–water partition coefficient (Wildman–Crippen LogP) is 4.13. The summed E-state index contributed by atoms with van der Waals surface area (Å²) in [6, 6.07) is 0.919. The summed E-state index contributed by atoms with van der Waals surface area (Å²) < 4.78 is 16.9. The molecule has 0 aromatic heterocycles. The molecular formula is C14H33NO3Si. The predicted molar refractivity (Wildman–Crippen MR) is 84.0 cm³/mol. The third-order valence-electron chi connectivity index (χ3n) is 2.58. The first-order chi connectivity index (χ1) is 9.05. The summed E-state index contributed by atoms with van der Waals surface area (Å²) in [5.74, 6) is 0.477. The molecule has 0 aromatic carbocycles. The molecule has 116 valence electrons. The summed E-state index contributed by atoms with van der Waals surface area (Å²) >= 11 is 0. The minimum absolute atomic E-state index is 0.477. The molecule has 0 radical (unpaired) electrons. The molecule has 0 spiro atoms. The number of rotatable bonds is 10. The number of hydrogen-bond donors (Lipinski definition) is 1. The van der Waals surface area contributed by atoms with Gasteiger partial charge in [-0.25, -0.2) is 0 Å². The Morgan fingerprint density at radius 1 is 0.947 bits per heavy atom. The quantitative estimate of drug-likeness (QED) is 0.486. The molecule has 4 nitrogen and oxygen atoms in total. The molecule has 0 saturated heterocycles. The van der Waals surface area contributed by atoms with Crippen molar-refractivity contribution in [2.24, 2.45) is 5.92 Å². The highest BCUT2D eigenvalue weighted by Gasteiger charge is 2.38.